The van der Waals surface area contributed by atoms with E-state index in [-0.39, 0.29) is 0 Å². The van der Waals surface area contributed by atoms with Crippen LogP contribution < -0.4 is 5.32 Å². The number of benzene rings is 2. The lowest BCUT2D eigenvalue weighted by atomic mass is 9.92. The number of fused-ring (bicyclic) bond motifs is 2. The van der Waals surface area contributed by atoms with Gasteiger partial charge in [0.2, 0.25) is 0 Å². The molecule has 0 fully saturated rings. The summed E-state index contributed by atoms with van der Waals surface area (Å²) >= 11 is 0. The fourth-order valence-electron chi connectivity index (χ4n) is 4.88. The molecule has 0 radical (unpaired) electrons. The molecule has 0 bridgehead atoms. The lowest BCUT2D eigenvalue weighted by molar-refractivity contribution is 0.402. The summed E-state index contributed by atoms with van der Waals surface area (Å²) in [5.41, 5.74) is 7.35. The Labute approximate surface area is 190 Å². The van der Waals surface area contributed by atoms with Crippen molar-refractivity contribution in [1.29, 1.82) is 0 Å². The second-order valence-corrected chi connectivity index (χ2v) is 8.92. The van der Waals surface area contributed by atoms with Crippen LogP contribution in [0.4, 0.5) is 0 Å². The van der Waals surface area contributed by atoms with E-state index in [1.165, 1.54) is 34.4 Å². The van der Waals surface area contributed by atoms with Crippen LogP contribution in [0, 0.1) is 0 Å². The molecule has 32 heavy (non-hydrogen) atoms. The van der Waals surface area contributed by atoms with Crippen LogP contribution in [0.5, 0.6) is 0 Å². The number of aryl methyl sites for hydroxylation is 1. The van der Waals surface area contributed by atoms with E-state index in [1.807, 2.05) is 6.20 Å². The molecule has 5 nitrogen and oxygen atoms in total. The van der Waals surface area contributed by atoms with Crippen molar-refractivity contribution in [2.45, 2.75) is 38.3 Å². The topological polar surface area (TPSA) is 46.0 Å². The van der Waals surface area contributed by atoms with E-state index in [0.717, 1.165) is 43.7 Å². The average Bonchev–Trinajstić information content (AvgIpc) is 3.17. The summed E-state index contributed by atoms with van der Waals surface area (Å²) in [5, 5.41) is 3.77. The Morgan fingerprint density at radius 2 is 1.88 bits per heavy atom. The maximum atomic E-state index is 5.03. The van der Waals surface area contributed by atoms with Crippen LogP contribution in [0.25, 0.3) is 16.7 Å². The zero-order valence-corrected chi connectivity index (χ0v) is 19.0. The standard InChI is InChI=1S/C27H31N5/c1-31(2)19-21-9-3-5-14-24(21)32-25-15-6-4-12-22(25)30-26(32)16-18-28-23-13-7-10-20-11-8-17-29-27(20)23/h3-6,8-9,11-12,14-15,17,23,28H,7,10,13,16,18-19H2,1-2H3. The van der Waals surface area contributed by atoms with Gasteiger partial charge < -0.3 is 10.2 Å². The number of nitrogens with zero attached hydrogens (tertiary/aromatic N) is 4. The highest BCUT2D eigenvalue weighted by atomic mass is 15.1. The van der Waals surface area contributed by atoms with E-state index in [9.17, 15) is 0 Å². The molecule has 0 saturated heterocycles. The fraction of sp³-hybridized carbons (Fsp3) is 0.333. The minimum atomic E-state index is 0.332. The summed E-state index contributed by atoms with van der Waals surface area (Å²) < 4.78 is 2.35. The minimum Gasteiger partial charge on any atom is -0.308 e. The fourth-order valence-corrected chi connectivity index (χ4v) is 4.88. The predicted molar refractivity (Wildman–Crippen MR) is 130 cm³/mol. The van der Waals surface area contributed by atoms with Gasteiger partial charge in [-0.3, -0.25) is 9.55 Å². The van der Waals surface area contributed by atoms with Crippen molar-refractivity contribution in [1.82, 2.24) is 24.8 Å². The van der Waals surface area contributed by atoms with Crippen molar-refractivity contribution in [2.24, 2.45) is 0 Å². The first-order chi connectivity index (χ1) is 15.7. The molecular formula is C27H31N5. The van der Waals surface area contributed by atoms with Crippen LogP contribution in [0.3, 0.4) is 0 Å². The van der Waals surface area contributed by atoms with Gasteiger partial charge in [0.05, 0.1) is 22.4 Å². The van der Waals surface area contributed by atoms with Gasteiger partial charge in [-0.05, 0) is 68.8 Å². The number of pyridine rings is 1. The molecule has 0 aliphatic heterocycles. The average molecular weight is 426 g/mol. The Kier molecular flexibility index (Phi) is 6.02. The Morgan fingerprint density at radius 1 is 1.03 bits per heavy atom. The Bertz CT molecular complexity index is 1210. The van der Waals surface area contributed by atoms with Crippen LogP contribution in [-0.4, -0.2) is 40.1 Å². The highest BCUT2D eigenvalue weighted by molar-refractivity contribution is 5.78. The first-order valence-electron chi connectivity index (χ1n) is 11.6. The predicted octanol–water partition coefficient (Wildman–Crippen LogP) is 4.69. The third kappa shape index (κ3) is 4.18. The van der Waals surface area contributed by atoms with E-state index < -0.39 is 0 Å². The molecule has 1 N–H and O–H groups in total. The van der Waals surface area contributed by atoms with Gasteiger partial charge in [-0.25, -0.2) is 4.98 Å². The monoisotopic (exact) mass is 425 g/mol. The van der Waals surface area contributed by atoms with Gasteiger partial charge in [0, 0.05) is 31.7 Å². The molecule has 5 heteroatoms. The second kappa shape index (κ2) is 9.23. The SMILES string of the molecule is CN(C)Cc1ccccc1-n1c(CCNC2CCCc3cccnc32)nc2ccccc21. The van der Waals surface area contributed by atoms with Crippen LogP contribution in [0.2, 0.25) is 0 Å². The molecule has 0 spiro atoms. The number of hydrogen-bond donors (Lipinski definition) is 1. The lowest BCUT2D eigenvalue weighted by Gasteiger charge is -2.25. The molecule has 1 aliphatic rings. The highest BCUT2D eigenvalue weighted by Gasteiger charge is 2.21. The maximum absolute atomic E-state index is 5.03. The molecule has 0 amide bonds. The molecule has 5 rings (SSSR count). The van der Waals surface area contributed by atoms with Crippen molar-refractivity contribution in [3.63, 3.8) is 0 Å². The van der Waals surface area contributed by atoms with Gasteiger partial charge in [-0.15, -0.1) is 0 Å². The lowest BCUT2D eigenvalue weighted by Crippen LogP contribution is -2.28. The van der Waals surface area contributed by atoms with Crippen molar-refractivity contribution in [3.8, 4) is 5.69 Å². The number of para-hydroxylation sites is 3. The van der Waals surface area contributed by atoms with Gasteiger partial charge in [0.25, 0.3) is 0 Å². The molecule has 1 unspecified atom stereocenters. The molecule has 164 valence electrons. The van der Waals surface area contributed by atoms with Crippen molar-refractivity contribution < 1.29 is 0 Å². The number of nitrogens with one attached hydrogen (secondary N) is 1. The molecular weight excluding hydrogens is 394 g/mol. The smallest absolute Gasteiger partial charge is 0.115 e. The summed E-state index contributed by atoms with van der Waals surface area (Å²) in [6.45, 7) is 1.77. The molecule has 2 aromatic heterocycles. The third-order valence-corrected chi connectivity index (χ3v) is 6.28. The molecule has 1 aliphatic carbocycles. The van der Waals surface area contributed by atoms with Crippen LogP contribution in [-0.2, 0) is 19.4 Å². The largest absolute Gasteiger partial charge is 0.308 e. The number of aromatic nitrogens is 3. The Morgan fingerprint density at radius 3 is 2.78 bits per heavy atom. The van der Waals surface area contributed by atoms with Gasteiger partial charge in [0.1, 0.15) is 5.82 Å². The molecule has 4 aromatic rings. The summed E-state index contributed by atoms with van der Waals surface area (Å²) in [5.74, 6) is 1.10. The van der Waals surface area contributed by atoms with Crippen molar-refractivity contribution >= 4 is 11.0 Å². The van der Waals surface area contributed by atoms with Gasteiger partial charge in [-0.1, -0.05) is 36.4 Å². The number of rotatable bonds is 7. The summed E-state index contributed by atoms with van der Waals surface area (Å²) in [6.07, 6.45) is 6.28. The third-order valence-electron chi connectivity index (χ3n) is 6.28. The quantitative estimate of drug-likeness (QED) is 0.467. The molecule has 2 heterocycles. The first kappa shape index (κ1) is 20.9. The van der Waals surface area contributed by atoms with E-state index in [0.29, 0.717) is 6.04 Å². The van der Waals surface area contributed by atoms with Gasteiger partial charge >= 0.3 is 0 Å². The van der Waals surface area contributed by atoms with Crippen LogP contribution in [0.15, 0.2) is 66.9 Å². The minimum absolute atomic E-state index is 0.332. The van der Waals surface area contributed by atoms with Crippen molar-refractivity contribution in [3.05, 3.63) is 89.5 Å². The number of hydrogen-bond acceptors (Lipinski definition) is 4. The van der Waals surface area contributed by atoms with Gasteiger partial charge in [0.15, 0.2) is 0 Å². The van der Waals surface area contributed by atoms with Crippen LogP contribution >= 0.6 is 0 Å². The van der Waals surface area contributed by atoms with Crippen molar-refractivity contribution in [2.75, 3.05) is 20.6 Å². The van der Waals surface area contributed by atoms with E-state index >= 15 is 0 Å². The maximum Gasteiger partial charge on any atom is 0.115 e. The summed E-state index contributed by atoms with van der Waals surface area (Å²) in [4.78, 5) is 11.9. The van der Waals surface area contributed by atoms with E-state index in [4.69, 9.17) is 4.98 Å². The van der Waals surface area contributed by atoms with E-state index in [1.54, 1.807) is 0 Å². The van der Waals surface area contributed by atoms with Gasteiger partial charge in [-0.2, -0.15) is 0 Å². The molecule has 2 aromatic carbocycles. The Hall–Kier alpha value is -3.02. The van der Waals surface area contributed by atoms with E-state index in [2.05, 4.69) is 94.5 Å². The highest BCUT2D eigenvalue weighted by Crippen LogP contribution is 2.28. The summed E-state index contributed by atoms with van der Waals surface area (Å²) in [7, 11) is 4.23. The zero-order chi connectivity index (χ0) is 21.9. The molecule has 0 saturated carbocycles. The molecule has 1 atom stereocenters. The number of imidazole rings is 1. The summed E-state index contributed by atoms with van der Waals surface area (Å²) in [6, 6.07) is 21.7. The zero-order valence-electron chi connectivity index (χ0n) is 19.0. The van der Waals surface area contributed by atoms with Crippen LogP contribution in [0.1, 0.15) is 41.5 Å². The Balaban J connectivity index is 1.44. The second-order valence-electron chi connectivity index (χ2n) is 8.92. The normalized spacial score (nSPS) is 15.9. The first-order valence-corrected chi connectivity index (χ1v) is 11.6.